The van der Waals surface area contributed by atoms with Crippen LogP contribution in [0.4, 0.5) is 0 Å². The number of hydrogen-bond donors (Lipinski definition) is 1. The molecule has 0 spiro atoms. The number of carbonyl (C=O) groups is 2. The minimum atomic E-state index is -1.01. The summed E-state index contributed by atoms with van der Waals surface area (Å²) in [6, 6.07) is 17.2. The van der Waals surface area contributed by atoms with Crippen molar-refractivity contribution in [1.29, 1.82) is 5.26 Å². The second-order valence-corrected chi connectivity index (χ2v) is 9.78. The zero-order chi connectivity index (χ0) is 22.4. The Balaban J connectivity index is 1.50. The van der Waals surface area contributed by atoms with Gasteiger partial charge in [0.2, 0.25) is 0 Å². The van der Waals surface area contributed by atoms with Crippen LogP contribution in [0.3, 0.4) is 0 Å². The van der Waals surface area contributed by atoms with Crippen molar-refractivity contribution in [3.05, 3.63) is 59.7 Å². The van der Waals surface area contributed by atoms with Gasteiger partial charge in [-0.25, -0.2) is 9.78 Å². The fourth-order valence-corrected chi connectivity index (χ4v) is 4.66. The summed E-state index contributed by atoms with van der Waals surface area (Å²) in [5.74, 6) is -0.427. The molecule has 1 N–H and O–H groups in total. The summed E-state index contributed by atoms with van der Waals surface area (Å²) >= 11 is 3.31. The quantitative estimate of drug-likeness (QED) is 0.389. The maximum absolute atomic E-state index is 12.2. The summed E-state index contributed by atoms with van der Waals surface area (Å²) in [4.78, 5) is 28.9. The van der Waals surface area contributed by atoms with E-state index in [1.54, 1.807) is 42.2 Å². The van der Waals surface area contributed by atoms with Crippen molar-refractivity contribution in [2.24, 2.45) is 5.92 Å². The van der Waals surface area contributed by atoms with Crippen LogP contribution in [0.1, 0.15) is 36.7 Å². The van der Waals surface area contributed by atoms with E-state index in [1.165, 1.54) is 0 Å². The van der Waals surface area contributed by atoms with Gasteiger partial charge in [0.1, 0.15) is 5.54 Å². The molecule has 0 aliphatic carbocycles. The van der Waals surface area contributed by atoms with Crippen LogP contribution >= 0.6 is 23.1 Å². The first-order chi connectivity index (χ1) is 14.8. The second kappa shape index (κ2) is 9.94. The molecule has 0 saturated heterocycles. The Bertz CT molecular complexity index is 1090. The number of aromatic nitrogens is 1. The first kappa shape index (κ1) is 22.8. The normalized spacial score (nSPS) is 12.9. The smallest absolute Gasteiger partial charge is 0.338 e. The van der Waals surface area contributed by atoms with Gasteiger partial charge in [0.15, 0.2) is 10.9 Å². The molecule has 0 saturated carbocycles. The van der Waals surface area contributed by atoms with Crippen LogP contribution in [-0.2, 0) is 15.3 Å². The third-order valence-corrected chi connectivity index (χ3v) is 7.20. The number of rotatable bonds is 8. The van der Waals surface area contributed by atoms with E-state index in [-0.39, 0.29) is 5.92 Å². The van der Waals surface area contributed by atoms with Crippen LogP contribution in [0.15, 0.2) is 52.9 Å². The summed E-state index contributed by atoms with van der Waals surface area (Å²) in [5.41, 5.74) is 1.42. The van der Waals surface area contributed by atoms with Crippen LogP contribution in [0.2, 0.25) is 0 Å². The zero-order valence-corrected chi connectivity index (χ0v) is 19.2. The van der Waals surface area contributed by atoms with Crippen LogP contribution < -0.4 is 5.32 Å². The van der Waals surface area contributed by atoms with Crippen molar-refractivity contribution in [2.45, 2.75) is 36.4 Å². The zero-order valence-electron chi connectivity index (χ0n) is 17.5. The first-order valence-electron chi connectivity index (χ1n) is 9.77. The Hall–Kier alpha value is -2.89. The van der Waals surface area contributed by atoms with Gasteiger partial charge < -0.3 is 10.1 Å². The van der Waals surface area contributed by atoms with Crippen molar-refractivity contribution in [2.75, 3.05) is 6.61 Å². The number of thiazole rings is 1. The second-order valence-electron chi connectivity index (χ2n) is 7.53. The number of fused-ring (bicyclic) bond motifs is 1. The summed E-state index contributed by atoms with van der Waals surface area (Å²) in [6.07, 6.45) is 0. The Morgan fingerprint density at radius 3 is 2.58 bits per heavy atom. The predicted molar refractivity (Wildman–Crippen MR) is 123 cm³/mol. The van der Waals surface area contributed by atoms with Crippen LogP contribution in [0, 0.1) is 17.2 Å². The van der Waals surface area contributed by atoms with Crippen molar-refractivity contribution >= 4 is 45.2 Å². The molecule has 3 aromatic rings. The fraction of sp³-hybridized carbons (Fsp3) is 0.304. The molecule has 6 nitrogen and oxygen atoms in total. The molecule has 1 unspecified atom stereocenters. The van der Waals surface area contributed by atoms with E-state index in [0.29, 0.717) is 5.56 Å². The van der Waals surface area contributed by atoms with E-state index in [0.717, 1.165) is 25.9 Å². The Morgan fingerprint density at radius 1 is 1.23 bits per heavy atom. The van der Waals surface area contributed by atoms with E-state index >= 15 is 0 Å². The monoisotopic (exact) mass is 453 g/mol. The molecular formula is C23H23N3O3S2. The topological polar surface area (TPSA) is 92.1 Å². The lowest BCUT2D eigenvalue weighted by atomic mass is 9.90. The molecule has 0 radical (unpaired) electrons. The van der Waals surface area contributed by atoms with Gasteiger partial charge in [0, 0.05) is 5.75 Å². The number of nitrogens with zero attached hydrogens (tertiary/aromatic N) is 2. The summed E-state index contributed by atoms with van der Waals surface area (Å²) in [5, 5.41) is 11.9. The number of para-hydroxylation sites is 1. The molecule has 160 valence electrons. The van der Waals surface area contributed by atoms with Crippen molar-refractivity contribution in [1.82, 2.24) is 10.3 Å². The van der Waals surface area contributed by atoms with E-state index in [4.69, 9.17) is 4.74 Å². The fourth-order valence-electron chi connectivity index (χ4n) is 2.64. The minimum absolute atomic E-state index is 0.0784. The highest BCUT2D eigenvalue weighted by atomic mass is 32.2. The number of ether oxygens (including phenoxy) is 1. The molecule has 2 aromatic carbocycles. The molecule has 0 aliphatic rings. The van der Waals surface area contributed by atoms with E-state index in [1.807, 2.05) is 44.2 Å². The molecule has 1 atom stereocenters. The molecule has 1 amide bonds. The molecule has 31 heavy (non-hydrogen) atoms. The number of thioether (sulfide) groups is 1. The highest BCUT2D eigenvalue weighted by molar-refractivity contribution is 8.00. The maximum Gasteiger partial charge on any atom is 0.338 e. The van der Waals surface area contributed by atoms with Crippen molar-refractivity contribution < 1.29 is 14.3 Å². The lowest BCUT2D eigenvalue weighted by Crippen LogP contribution is -2.50. The van der Waals surface area contributed by atoms with Crippen LogP contribution in [-0.4, -0.2) is 29.0 Å². The van der Waals surface area contributed by atoms with E-state index in [9.17, 15) is 14.9 Å². The standard InChI is InChI=1S/C23H23N3O3S2/c1-15(2)23(3,14-24)26-20(27)12-29-21(28)17-10-8-16(9-11-17)13-30-22-25-18-6-4-5-7-19(18)31-22/h4-11,15H,12-13H2,1-3H3,(H,26,27). The minimum Gasteiger partial charge on any atom is -0.452 e. The first-order valence-corrected chi connectivity index (χ1v) is 11.6. The van der Waals surface area contributed by atoms with Gasteiger partial charge in [-0.1, -0.05) is 49.9 Å². The Labute approximate surface area is 189 Å². The highest BCUT2D eigenvalue weighted by Crippen LogP contribution is 2.31. The third-order valence-electron chi connectivity index (χ3n) is 4.95. The number of benzene rings is 2. The molecule has 0 aliphatic heterocycles. The molecule has 0 fully saturated rings. The number of carbonyl (C=O) groups excluding carboxylic acids is 2. The number of nitrogens with one attached hydrogen (secondary N) is 1. The lowest BCUT2D eigenvalue weighted by molar-refractivity contribution is -0.125. The number of hydrogen-bond acceptors (Lipinski definition) is 7. The molecule has 3 rings (SSSR count). The number of nitriles is 1. The average molecular weight is 454 g/mol. The average Bonchev–Trinajstić information content (AvgIpc) is 3.19. The summed E-state index contributed by atoms with van der Waals surface area (Å²) < 4.78 is 7.25. The van der Waals surface area contributed by atoms with E-state index in [2.05, 4.69) is 22.4 Å². The highest BCUT2D eigenvalue weighted by Gasteiger charge is 2.30. The Morgan fingerprint density at radius 2 is 1.94 bits per heavy atom. The SMILES string of the molecule is CC(C)C(C)(C#N)NC(=O)COC(=O)c1ccc(CSc2nc3ccccc3s2)cc1. The molecular weight excluding hydrogens is 430 g/mol. The van der Waals surface area contributed by atoms with Crippen LogP contribution in [0.25, 0.3) is 10.2 Å². The largest absolute Gasteiger partial charge is 0.452 e. The third kappa shape index (κ3) is 5.84. The maximum atomic E-state index is 12.2. The van der Waals surface area contributed by atoms with Gasteiger partial charge in [-0.3, -0.25) is 4.79 Å². The van der Waals surface area contributed by atoms with Gasteiger partial charge >= 0.3 is 5.97 Å². The number of amides is 1. The van der Waals surface area contributed by atoms with Gasteiger partial charge in [-0.15, -0.1) is 11.3 Å². The van der Waals surface area contributed by atoms with Gasteiger partial charge in [0.25, 0.3) is 5.91 Å². The summed E-state index contributed by atoms with van der Waals surface area (Å²) in [6.45, 7) is 4.89. The van der Waals surface area contributed by atoms with Crippen molar-refractivity contribution in [3.8, 4) is 6.07 Å². The van der Waals surface area contributed by atoms with Gasteiger partial charge in [-0.2, -0.15) is 5.26 Å². The van der Waals surface area contributed by atoms with Gasteiger partial charge in [0.05, 0.1) is 21.8 Å². The van der Waals surface area contributed by atoms with E-state index < -0.39 is 24.0 Å². The van der Waals surface area contributed by atoms with Crippen molar-refractivity contribution in [3.63, 3.8) is 0 Å². The van der Waals surface area contributed by atoms with Gasteiger partial charge in [-0.05, 0) is 42.7 Å². The summed E-state index contributed by atoms with van der Waals surface area (Å²) in [7, 11) is 0. The lowest BCUT2D eigenvalue weighted by Gasteiger charge is -2.27. The molecule has 0 bridgehead atoms. The predicted octanol–water partition coefficient (Wildman–Crippen LogP) is 4.80. The molecule has 8 heteroatoms. The molecule has 1 aromatic heterocycles. The molecule has 1 heterocycles. The Kier molecular flexibility index (Phi) is 7.31. The van der Waals surface area contributed by atoms with Crippen LogP contribution in [0.5, 0.6) is 0 Å². The number of esters is 1.